The maximum atomic E-state index is 11.4. The van der Waals surface area contributed by atoms with Crippen LogP contribution in [0.1, 0.15) is 33.1 Å². The molecule has 2 aliphatic heterocycles. The first-order chi connectivity index (χ1) is 10.1. The van der Waals surface area contributed by atoms with Crippen molar-refractivity contribution in [1.29, 1.82) is 0 Å². The van der Waals surface area contributed by atoms with Crippen LogP contribution in [-0.2, 0) is 4.79 Å². The van der Waals surface area contributed by atoms with E-state index >= 15 is 0 Å². The van der Waals surface area contributed by atoms with Gasteiger partial charge in [0.2, 0.25) is 5.91 Å². The van der Waals surface area contributed by atoms with Crippen LogP contribution in [0.15, 0.2) is 12.2 Å². The number of likely N-dealkylation sites (tertiary alicyclic amines) is 1. The minimum atomic E-state index is 0.225. The van der Waals surface area contributed by atoms with E-state index in [2.05, 4.69) is 28.9 Å². The highest BCUT2D eigenvalue weighted by atomic mass is 16.2. The molecule has 3 aliphatic rings. The molecule has 3 rings (SSSR count). The molecule has 0 N–H and O–H groups in total. The Hall–Kier alpha value is -0.870. The minimum Gasteiger partial charge on any atom is -0.340 e. The zero-order valence-corrected chi connectivity index (χ0v) is 13.5. The van der Waals surface area contributed by atoms with E-state index in [1.165, 1.54) is 32.4 Å². The van der Waals surface area contributed by atoms with Crippen molar-refractivity contribution in [2.45, 2.75) is 45.2 Å². The lowest BCUT2D eigenvalue weighted by atomic mass is 10.0. The number of hydrogen-bond donors (Lipinski definition) is 0. The second kappa shape index (κ2) is 6.49. The first-order valence-corrected chi connectivity index (χ1v) is 8.55. The van der Waals surface area contributed by atoms with Crippen LogP contribution in [0.25, 0.3) is 0 Å². The second-order valence-electron chi connectivity index (χ2n) is 6.97. The van der Waals surface area contributed by atoms with E-state index in [9.17, 15) is 4.79 Å². The monoisotopic (exact) mass is 291 g/mol. The van der Waals surface area contributed by atoms with Gasteiger partial charge in [-0.15, -0.1) is 0 Å². The van der Waals surface area contributed by atoms with Gasteiger partial charge in [-0.1, -0.05) is 19.1 Å². The van der Waals surface area contributed by atoms with Crippen molar-refractivity contribution in [2.75, 3.05) is 39.3 Å². The molecule has 1 amide bonds. The van der Waals surface area contributed by atoms with Gasteiger partial charge in [0.1, 0.15) is 0 Å². The Labute approximate surface area is 128 Å². The Kier molecular flexibility index (Phi) is 4.65. The van der Waals surface area contributed by atoms with Crippen LogP contribution in [-0.4, -0.2) is 72.0 Å². The van der Waals surface area contributed by atoms with Gasteiger partial charge >= 0.3 is 0 Å². The van der Waals surface area contributed by atoms with E-state index in [0.717, 1.165) is 32.1 Å². The van der Waals surface area contributed by atoms with Crippen LogP contribution in [0.2, 0.25) is 0 Å². The summed E-state index contributed by atoms with van der Waals surface area (Å²) in [5.74, 6) is 0.965. The molecule has 2 fully saturated rings. The molecule has 0 saturated carbocycles. The van der Waals surface area contributed by atoms with Gasteiger partial charge in [-0.25, -0.2) is 0 Å². The lowest BCUT2D eigenvalue weighted by Gasteiger charge is -2.39. The lowest BCUT2D eigenvalue weighted by molar-refractivity contribution is -0.130. The van der Waals surface area contributed by atoms with Gasteiger partial charge in [-0.2, -0.15) is 0 Å². The third-order valence-electron chi connectivity index (χ3n) is 5.53. The number of allylic oxidation sites excluding steroid dienone is 1. The number of nitrogens with zero attached hydrogens (tertiary/aromatic N) is 3. The molecular weight excluding hydrogens is 262 g/mol. The van der Waals surface area contributed by atoms with Gasteiger partial charge in [0.25, 0.3) is 0 Å². The van der Waals surface area contributed by atoms with Gasteiger partial charge in [-0.3, -0.25) is 14.6 Å². The normalized spacial score (nSPS) is 35.3. The standard InChI is InChI=1S/C17H29N3O/c1-14-12-20(16-6-4-3-5-7-16)13-17(14)19-10-8-18(9-11-19)15(2)21/h4,6,14,16-17H,3,5,7-13H2,1-2H3. The van der Waals surface area contributed by atoms with Crippen molar-refractivity contribution in [1.82, 2.24) is 14.7 Å². The molecule has 2 saturated heterocycles. The second-order valence-corrected chi connectivity index (χ2v) is 6.97. The molecule has 3 atom stereocenters. The maximum absolute atomic E-state index is 11.4. The predicted octanol–water partition coefficient (Wildman–Crippen LogP) is 1.58. The van der Waals surface area contributed by atoms with E-state index < -0.39 is 0 Å². The van der Waals surface area contributed by atoms with Crippen LogP contribution in [0.3, 0.4) is 0 Å². The van der Waals surface area contributed by atoms with Crippen molar-refractivity contribution in [2.24, 2.45) is 5.92 Å². The Morgan fingerprint density at radius 3 is 2.48 bits per heavy atom. The Morgan fingerprint density at radius 1 is 1.10 bits per heavy atom. The first-order valence-electron chi connectivity index (χ1n) is 8.55. The summed E-state index contributed by atoms with van der Waals surface area (Å²) in [6.45, 7) is 10.4. The number of piperazine rings is 1. The molecule has 0 aromatic heterocycles. The van der Waals surface area contributed by atoms with E-state index in [0.29, 0.717) is 12.1 Å². The molecular formula is C17H29N3O. The smallest absolute Gasteiger partial charge is 0.219 e. The van der Waals surface area contributed by atoms with E-state index in [1.807, 2.05) is 4.90 Å². The zero-order chi connectivity index (χ0) is 14.8. The van der Waals surface area contributed by atoms with Crippen LogP contribution in [0.5, 0.6) is 0 Å². The molecule has 0 radical (unpaired) electrons. The molecule has 2 heterocycles. The predicted molar refractivity (Wildman–Crippen MR) is 85.1 cm³/mol. The van der Waals surface area contributed by atoms with Crippen LogP contribution < -0.4 is 0 Å². The van der Waals surface area contributed by atoms with Crippen LogP contribution in [0, 0.1) is 5.92 Å². The average molecular weight is 291 g/mol. The Balaban J connectivity index is 1.56. The number of carbonyl (C=O) groups is 1. The first kappa shape index (κ1) is 15.0. The number of hydrogen-bond acceptors (Lipinski definition) is 3. The van der Waals surface area contributed by atoms with Crippen molar-refractivity contribution in [3.8, 4) is 0 Å². The van der Waals surface area contributed by atoms with Gasteiger partial charge in [0.15, 0.2) is 0 Å². The van der Waals surface area contributed by atoms with Gasteiger partial charge < -0.3 is 4.90 Å². The fourth-order valence-corrected chi connectivity index (χ4v) is 4.20. The summed E-state index contributed by atoms with van der Waals surface area (Å²) in [6.07, 6.45) is 8.71. The van der Waals surface area contributed by atoms with Crippen molar-refractivity contribution >= 4 is 5.91 Å². The van der Waals surface area contributed by atoms with Gasteiger partial charge in [-0.05, 0) is 25.2 Å². The Bertz CT molecular complexity index is 401. The number of rotatable bonds is 2. The molecule has 118 valence electrons. The fraction of sp³-hybridized carbons (Fsp3) is 0.824. The number of amides is 1. The quantitative estimate of drug-likeness (QED) is 0.723. The summed E-state index contributed by atoms with van der Waals surface area (Å²) in [7, 11) is 0. The summed E-state index contributed by atoms with van der Waals surface area (Å²) in [5.41, 5.74) is 0. The molecule has 0 bridgehead atoms. The molecule has 21 heavy (non-hydrogen) atoms. The maximum Gasteiger partial charge on any atom is 0.219 e. The average Bonchev–Trinajstić information content (AvgIpc) is 2.90. The van der Waals surface area contributed by atoms with E-state index in [4.69, 9.17) is 0 Å². The highest BCUT2D eigenvalue weighted by Gasteiger charge is 2.37. The van der Waals surface area contributed by atoms with Gasteiger partial charge in [0, 0.05) is 58.3 Å². The van der Waals surface area contributed by atoms with Crippen molar-refractivity contribution < 1.29 is 4.79 Å². The van der Waals surface area contributed by atoms with E-state index in [-0.39, 0.29) is 5.91 Å². The summed E-state index contributed by atoms with van der Waals surface area (Å²) < 4.78 is 0. The molecule has 1 aliphatic carbocycles. The van der Waals surface area contributed by atoms with Crippen molar-refractivity contribution in [3.05, 3.63) is 12.2 Å². The topological polar surface area (TPSA) is 26.8 Å². The lowest BCUT2D eigenvalue weighted by Crippen LogP contribution is -2.53. The summed E-state index contributed by atoms with van der Waals surface area (Å²) >= 11 is 0. The highest BCUT2D eigenvalue weighted by Crippen LogP contribution is 2.27. The van der Waals surface area contributed by atoms with Crippen molar-refractivity contribution in [3.63, 3.8) is 0 Å². The molecule has 0 spiro atoms. The minimum absolute atomic E-state index is 0.225. The summed E-state index contributed by atoms with van der Waals surface area (Å²) in [6, 6.07) is 1.35. The third-order valence-corrected chi connectivity index (χ3v) is 5.53. The largest absolute Gasteiger partial charge is 0.340 e. The third kappa shape index (κ3) is 3.32. The molecule has 3 unspecified atom stereocenters. The van der Waals surface area contributed by atoms with Crippen LogP contribution >= 0.6 is 0 Å². The Morgan fingerprint density at radius 2 is 1.86 bits per heavy atom. The molecule has 4 heteroatoms. The molecule has 0 aromatic rings. The zero-order valence-electron chi connectivity index (χ0n) is 13.5. The SMILES string of the molecule is CC(=O)N1CCN(C2CN(C3C=CCCC3)CC2C)CC1. The highest BCUT2D eigenvalue weighted by molar-refractivity contribution is 5.73. The summed E-state index contributed by atoms with van der Waals surface area (Å²) in [5, 5.41) is 0. The number of carbonyl (C=O) groups excluding carboxylic acids is 1. The van der Waals surface area contributed by atoms with Gasteiger partial charge in [0.05, 0.1) is 0 Å². The van der Waals surface area contributed by atoms with Crippen LogP contribution in [0.4, 0.5) is 0 Å². The molecule has 4 nitrogen and oxygen atoms in total. The fourth-order valence-electron chi connectivity index (χ4n) is 4.20. The van der Waals surface area contributed by atoms with E-state index in [1.54, 1.807) is 6.92 Å². The summed E-state index contributed by atoms with van der Waals surface area (Å²) in [4.78, 5) is 18.7. The molecule has 0 aromatic carbocycles.